The summed E-state index contributed by atoms with van der Waals surface area (Å²) in [5, 5.41) is 3.49. The van der Waals surface area contributed by atoms with Crippen molar-refractivity contribution in [1.82, 2.24) is 4.98 Å². The van der Waals surface area contributed by atoms with E-state index in [2.05, 4.69) is 10.3 Å². The average Bonchev–Trinajstić information content (AvgIpc) is 3.00. The molecular weight excluding hydrogens is 357 g/mol. The number of aromatic amines is 1. The van der Waals surface area contributed by atoms with Crippen molar-refractivity contribution in [3.05, 3.63) is 59.8 Å². The predicted molar refractivity (Wildman–Crippen MR) is 95.8 cm³/mol. The highest BCUT2D eigenvalue weighted by molar-refractivity contribution is 5.97. The molecule has 1 aromatic heterocycles. The van der Waals surface area contributed by atoms with E-state index < -0.39 is 11.7 Å². The Bertz CT molecular complexity index is 958. The Morgan fingerprint density at radius 1 is 1.11 bits per heavy atom. The second kappa shape index (κ2) is 6.64. The van der Waals surface area contributed by atoms with Gasteiger partial charge in [-0.1, -0.05) is 12.1 Å². The van der Waals surface area contributed by atoms with Crippen molar-refractivity contribution in [3.63, 3.8) is 0 Å². The molecular formula is C20H17F3N2O2. The Balaban J connectivity index is 1.39. The van der Waals surface area contributed by atoms with Crippen molar-refractivity contribution in [2.75, 3.05) is 5.32 Å². The summed E-state index contributed by atoms with van der Waals surface area (Å²) < 4.78 is 43.9. The smallest absolute Gasteiger partial charge is 0.416 e. The van der Waals surface area contributed by atoms with Gasteiger partial charge in [0.1, 0.15) is 5.75 Å². The molecule has 0 aliphatic heterocycles. The number of ether oxygens (including phenoxy) is 1. The molecule has 7 heteroatoms. The van der Waals surface area contributed by atoms with Gasteiger partial charge in [-0.3, -0.25) is 4.79 Å². The van der Waals surface area contributed by atoms with E-state index in [0.29, 0.717) is 17.8 Å². The summed E-state index contributed by atoms with van der Waals surface area (Å²) in [6, 6.07) is 11.0. The van der Waals surface area contributed by atoms with Gasteiger partial charge in [-0.05, 0) is 54.7 Å². The standard InChI is InChI=1S/C20H17F3N2O2/c21-20(22,23)14-3-1-12(2-4-14)13-7-16(8-13)27-15-5-6-18-17(9-15)19(10-24-18)25-11-26/h1-6,9-11,13,16,24H,7-8H2,(H,25,26). The zero-order valence-electron chi connectivity index (χ0n) is 14.2. The van der Waals surface area contributed by atoms with Crippen LogP contribution in [-0.2, 0) is 11.0 Å². The number of carbonyl (C=O) groups excluding carboxylic acids is 1. The number of hydrogen-bond donors (Lipinski definition) is 2. The van der Waals surface area contributed by atoms with Gasteiger partial charge in [0.2, 0.25) is 6.41 Å². The molecule has 2 N–H and O–H groups in total. The highest BCUT2D eigenvalue weighted by Gasteiger charge is 2.34. The number of benzene rings is 2. The quantitative estimate of drug-likeness (QED) is 0.612. The summed E-state index contributed by atoms with van der Waals surface area (Å²) in [4.78, 5) is 13.7. The van der Waals surface area contributed by atoms with Crippen LogP contribution in [0.5, 0.6) is 5.75 Å². The first-order valence-corrected chi connectivity index (χ1v) is 8.59. The fraction of sp³-hybridized carbons (Fsp3) is 0.250. The van der Waals surface area contributed by atoms with E-state index in [0.717, 1.165) is 41.4 Å². The third-order valence-corrected chi connectivity index (χ3v) is 4.97. The Labute approximate surface area is 153 Å². The molecule has 0 bridgehead atoms. The molecule has 140 valence electrons. The van der Waals surface area contributed by atoms with E-state index in [9.17, 15) is 18.0 Å². The number of rotatable bonds is 5. The van der Waals surface area contributed by atoms with Gasteiger partial charge in [0.25, 0.3) is 0 Å². The summed E-state index contributed by atoms with van der Waals surface area (Å²) in [6.45, 7) is 0. The molecule has 1 aliphatic rings. The van der Waals surface area contributed by atoms with Gasteiger partial charge in [0.05, 0.1) is 17.4 Å². The second-order valence-electron chi connectivity index (χ2n) is 6.70. The summed E-state index contributed by atoms with van der Waals surface area (Å²) in [6.07, 6.45) is -0.426. The highest BCUT2D eigenvalue weighted by atomic mass is 19.4. The minimum Gasteiger partial charge on any atom is -0.490 e. The Morgan fingerprint density at radius 3 is 2.52 bits per heavy atom. The van der Waals surface area contributed by atoms with Gasteiger partial charge in [-0.2, -0.15) is 13.2 Å². The number of H-pyrrole nitrogens is 1. The van der Waals surface area contributed by atoms with Crippen molar-refractivity contribution in [2.45, 2.75) is 31.0 Å². The molecule has 27 heavy (non-hydrogen) atoms. The molecule has 1 heterocycles. The number of carbonyl (C=O) groups is 1. The van der Waals surface area contributed by atoms with Crippen LogP contribution in [0.1, 0.15) is 29.9 Å². The first kappa shape index (κ1) is 17.5. The van der Waals surface area contributed by atoms with Crippen molar-refractivity contribution in [1.29, 1.82) is 0 Å². The molecule has 1 saturated carbocycles. The van der Waals surface area contributed by atoms with Crippen molar-refractivity contribution >= 4 is 23.0 Å². The topological polar surface area (TPSA) is 54.1 Å². The normalized spacial score (nSPS) is 19.5. The molecule has 4 nitrogen and oxygen atoms in total. The molecule has 0 saturated heterocycles. The third kappa shape index (κ3) is 3.49. The van der Waals surface area contributed by atoms with Crippen LogP contribution in [0.25, 0.3) is 10.9 Å². The van der Waals surface area contributed by atoms with Crippen LogP contribution in [0, 0.1) is 0 Å². The minimum atomic E-state index is -4.31. The van der Waals surface area contributed by atoms with Gasteiger partial charge in [0.15, 0.2) is 0 Å². The number of fused-ring (bicyclic) bond motifs is 1. The van der Waals surface area contributed by atoms with E-state index >= 15 is 0 Å². The van der Waals surface area contributed by atoms with E-state index in [1.165, 1.54) is 0 Å². The number of anilines is 1. The lowest BCUT2D eigenvalue weighted by Crippen LogP contribution is -2.32. The zero-order valence-corrected chi connectivity index (χ0v) is 14.2. The molecule has 3 aromatic rings. The lowest BCUT2D eigenvalue weighted by atomic mass is 9.77. The number of aromatic nitrogens is 1. The summed E-state index contributed by atoms with van der Waals surface area (Å²) >= 11 is 0. The van der Waals surface area contributed by atoms with Gasteiger partial charge >= 0.3 is 6.18 Å². The summed E-state index contributed by atoms with van der Waals surface area (Å²) in [5.41, 5.74) is 1.85. The van der Waals surface area contributed by atoms with Gasteiger partial charge in [-0.25, -0.2) is 0 Å². The van der Waals surface area contributed by atoms with Crippen LogP contribution >= 0.6 is 0 Å². The maximum atomic E-state index is 12.6. The Kier molecular flexibility index (Phi) is 4.30. The van der Waals surface area contributed by atoms with E-state index in [4.69, 9.17) is 4.74 Å². The summed E-state index contributed by atoms with van der Waals surface area (Å²) in [7, 11) is 0. The first-order chi connectivity index (χ1) is 12.9. The third-order valence-electron chi connectivity index (χ3n) is 4.97. The first-order valence-electron chi connectivity index (χ1n) is 8.59. The molecule has 0 unspecified atom stereocenters. The highest BCUT2D eigenvalue weighted by Crippen LogP contribution is 2.40. The molecule has 1 fully saturated rings. The van der Waals surface area contributed by atoms with E-state index in [-0.39, 0.29) is 12.0 Å². The summed E-state index contributed by atoms with van der Waals surface area (Å²) in [5.74, 6) is 0.910. The zero-order chi connectivity index (χ0) is 19.0. The number of halogens is 3. The van der Waals surface area contributed by atoms with Crippen LogP contribution in [0.3, 0.4) is 0 Å². The van der Waals surface area contributed by atoms with Crippen LogP contribution < -0.4 is 10.1 Å². The Morgan fingerprint density at radius 2 is 1.85 bits per heavy atom. The average molecular weight is 374 g/mol. The maximum Gasteiger partial charge on any atom is 0.416 e. The van der Waals surface area contributed by atoms with Gasteiger partial charge < -0.3 is 15.0 Å². The van der Waals surface area contributed by atoms with Crippen LogP contribution in [0.2, 0.25) is 0 Å². The molecule has 0 spiro atoms. The Hall–Kier alpha value is -2.96. The minimum absolute atomic E-state index is 0.0242. The van der Waals surface area contributed by atoms with Gasteiger partial charge in [0, 0.05) is 17.1 Å². The SMILES string of the molecule is O=CNc1c[nH]c2ccc(OC3CC(c4ccc(C(F)(F)F)cc4)C3)cc12. The number of nitrogens with one attached hydrogen (secondary N) is 2. The largest absolute Gasteiger partial charge is 0.490 e. The fourth-order valence-corrected chi connectivity index (χ4v) is 3.43. The van der Waals surface area contributed by atoms with E-state index in [1.807, 2.05) is 18.2 Å². The van der Waals surface area contributed by atoms with Crippen molar-refractivity contribution in [2.24, 2.45) is 0 Å². The number of amides is 1. The van der Waals surface area contributed by atoms with E-state index in [1.54, 1.807) is 18.3 Å². The van der Waals surface area contributed by atoms with Gasteiger partial charge in [-0.15, -0.1) is 0 Å². The molecule has 0 radical (unpaired) electrons. The molecule has 0 atom stereocenters. The fourth-order valence-electron chi connectivity index (χ4n) is 3.43. The van der Waals surface area contributed by atoms with Crippen LogP contribution in [-0.4, -0.2) is 17.5 Å². The van der Waals surface area contributed by atoms with Crippen molar-refractivity contribution in [3.8, 4) is 5.75 Å². The molecule has 1 aliphatic carbocycles. The second-order valence-corrected chi connectivity index (χ2v) is 6.70. The lowest BCUT2D eigenvalue weighted by molar-refractivity contribution is -0.137. The molecule has 4 rings (SSSR count). The predicted octanol–water partition coefficient (Wildman–Crippen LogP) is 5.08. The maximum absolute atomic E-state index is 12.6. The monoisotopic (exact) mass is 374 g/mol. The number of alkyl halides is 3. The van der Waals surface area contributed by atoms with Crippen LogP contribution in [0.4, 0.5) is 18.9 Å². The molecule has 2 aromatic carbocycles. The van der Waals surface area contributed by atoms with Crippen LogP contribution in [0.15, 0.2) is 48.7 Å². The van der Waals surface area contributed by atoms with Crippen molar-refractivity contribution < 1.29 is 22.7 Å². The lowest BCUT2D eigenvalue weighted by Gasteiger charge is -2.35. The molecule has 1 amide bonds. The number of hydrogen-bond acceptors (Lipinski definition) is 2.